The van der Waals surface area contributed by atoms with E-state index in [1.165, 1.54) is 36.7 Å². The molecule has 10 nitrogen and oxygen atoms in total. The molecule has 0 aliphatic heterocycles. The number of aromatic carboxylic acids is 2. The SMILES string of the molecule is CC(O)CC(C)O.Cc1ccnc(-c2cc(C(=O)O)ccn2)c1.Cc1ccnc(-c2cc(C(=O)O)ccn2)c1.[Ru]. The maximum Gasteiger partial charge on any atom is 0.335 e. The van der Waals surface area contributed by atoms with Crippen molar-refractivity contribution in [2.45, 2.75) is 46.3 Å². The van der Waals surface area contributed by atoms with Crippen molar-refractivity contribution in [3.63, 3.8) is 0 Å². The summed E-state index contributed by atoms with van der Waals surface area (Å²) < 4.78 is 0. The van der Waals surface area contributed by atoms with Gasteiger partial charge in [-0.05, 0) is 93.8 Å². The van der Waals surface area contributed by atoms with Gasteiger partial charge >= 0.3 is 11.9 Å². The number of carboxylic acids is 2. The number of aliphatic hydroxyl groups is 2. The standard InChI is InChI=1S/2C12H10N2O2.C5H12O2.Ru/c2*1-8-2-4-13-10(6-8)11-7-9(12(15)16)3-5-14-11;1-4(6)3-5(2)7;/h2*2-7H,1H3,(H,15,16);4-7H,3H2,1-2H3;. The quantitative estimate of drug-likeness (QED) is 0.223. The number of carboxylic acid groups (broad SMARTS) is 2. The van der Waals surface area contributed by atoms with Crippen LogP contribution in [0.5, 0.6) is 0 Å². The molecule has 40 heavy (non-hydrogen) atoms. The van der Waals surface area contributed by atoms with Crippen LogP contribution >= 0.6 is 0 Å². The molecule has 0 radical (unpaired) electrons. The first kappa shape index (κ1) is 34.1. The third-order valence-corrected chi connectivity index (χ3v) is 5.05. The van der Waals surface area contributed by atoms with Gasteiger partial charge in [0.15, 0.2) is 0 Å². The molecule has 4 rings (SSSR count). The number of aliphatic hydroxyl groups excluding tert-OH is 2. The van der Waals surface area contributed by atoms with E-state index in [0.717, 1.165) is 11.1 Å². The van der Waals surface area contributed by atoms with Crippen LogP contribution in [0, 0.1) is 13.8 Å². The molecule has 11 heteroatoms. The second-order valence-corrected chi connectivity index (χ2v) is 8.84. The minimum Gasteiger partial charge on any atom is -0.478 e. The van der Waals surface area contributed by atoms with Gasteiger partial charge in [0, 0.05) is 44.3 Å². The minimum absolute atomic E-state index is 0. The van der Waals surface area contributed by atoms with Crippen LogP contribution in [0.4, 0.5) is 0 Å². The van der Waals surface area contributed by atoms with Crippen LogP contribution in [-0.2, 0) is 19.5 Å². The first-order valence-corrected chi connectivity index (χ1v) is 12.1. The van der Waals surface area contributed by atoms with Gasteiger partial charge < -0.3 is 20.4 Å². The fourth-order valence-electron chi connectivity index (χ4n) is 3.25. The summed E-state index contributed by atoms with van der Waals surface area (Å²) in [5.74, 6) is -1.92. The van der Waals surface area contributed by atoms with Gasteiger partial charge in [-0.25, -0.2) is 9.59 Å². The van der Waals surface area contributed by atoms with E-state index in [2.05, 4.69) is 19.9 Å². The van der Waals surface area contributed by atoms with Crippen molar-refractivity contribution < 1.29 is 49.5 Å². The van der Waals surface area contributed by atoms with Gasteiger partial charge in [-0.15, -0.1) is 0 Å². The van der Waals surface area contributed by atoms with E-state index in [4.69, 9.17) is 20.4 Å². The van der Waals surface area contributed by atoms with E-state index in [-0.39, 0.29) is 42.8 Å². The number of aromatic nitrogens is 4. The van der Waals surface area contributed by atoms with Crippen LogP contribution in [0.2, 0.25) is 0 Å². The van der Waals surface area contributed by atoms with E-state index >= 15 is 0 Å². The van der Waals surface area contributed by atoms with Crippen LogP contribution in [0.25, 0.3) is 22.8 Å². The van der Waals surface area contributed by atoms with Gasteiger partial charge in [-0.1, -0.05) is 0 Å². The first-order chi connectivity index (χ1) is 18.5. The van der Waals surface area contributed by atoms with E-state index in [9.17, 15) is 9.59 Å². The summed E-state index contributed by atoms with van der Waals surface area (Å²) in [6, 6.07) is 13.5. The summed E-state index contributed by atoms with van der Waals surface area (Å²) in [4.78, 5) is 38.1. The third-order valence-electron chi connectivity index (χ3n) is 5.05. The van der Waals surface area contributed by atoms with Crippen molar-refractivity contribution in [1.82, 2.24) is 19.9 Å². The molecule has 0 fully saturated rings. The number of aryl methyl sites for hydroxylation is 2. The van der Waals surface area contributed by atoms with Crippen LogP contribution in [0.1, 0.15) is 52.1 Å². The molecule has 2 unspecified atom stereocenters. The minimum atomic E-state index is -0.962. The Kier molecular flexibility index (Phi) is 14.4. The molecule has 0 saturated carbocycles. The Balaban J connectivity index is 0.000000320. The number of rotatable bonds is 6. The fourth-order valence-corrected chi connectivity index (χ4v) is 3.25. The number of hydrogen-bond donors (Lipinski definition) is 4. The smallest absolute Gasteiger partial charge is 0.335 e. The molecule has 4 aromatic heterocycles. The van der Waals surface area contributed by atoms with Gasteiger partial charge in [0.1, 0.15) is 0 Å². The van der Waals surface area contributed by atoms with Crippen molar-refractivity contribution in [2.24, 2.45) is 0 Å². The van der Waals surface area contributed by atoms with Gasteiger partial charge in [-0.2, -0.15) is 0 Å². The van der Waals surface area contributed by atoms with E-state index in [1.807, 2.05) is 38.1 Å². The number of hydrogen-bond acceptors (Lipinski definition) is 8. The Labute approximate surface area is 245 Å². The predicted molar refractivity (Wildman–Crippen MR) is 146 cm³/mol. The topological polar surface area (TPSA) is 167 Å². The van der Waals surface area contributed by atoms with Crippen molar-refractivity contribution >= 4 is 11.9 Å². The maximum atomic E-state index is 10.8. The largest absolute Gasteiger partial charge is 0.478 e. The molecular formula is C29H32N4O6Ru. The molecule has 2 atom stereocenters. The van der Waals surface area contributed by atoms with E-state index in [0.29, 0.717) is 29.2 Å². The first-order valence-electron chi connectivity index (χ1n) is 12.1. The third kappa shape index (κ3) is 11.9. The van der Waals surface area contributed by atoms with E-state index < -0.39 is 11.9 Å². The Morgan fingerprint density at radius 3 is 1.18 bits per heavy atom. The molecule has 212 valence electrons. The van der Waals surface area contributed by atoms with Gasteiger partial charge in [0.25, 0.3) is 0 Å². The average molecular weight is 634 g/mol. The molecule has 0 aliphatic carbocycles. The molecule has 4 aromatic rings. The number of pyridine rings is 4. The Hall–Kier alpha value is -3.92. The molecule has 0 aromatic carbocycles. The van der Waals surface area contributed by atoms with Gasteiger partial charge in [0.05, 0.1) is 46.1 Å². The molecular weight excluding hydrogens is 601 g/mol. The maximum absolute atomic E-state index is 10.8. The van der Waals surface area contributed by atoms with Crippen LogP contribution in [-0.4, -0.2) is 64.5 Å². The summed E-state index contributed by atoms with van der Waals surface area (Å²) in [5.41, 5.74) is 5.07. The Morgan fingerprint density at radius 2 is 0.925 bits per heavy atom. The number of nitrogens with zero attached hydrogens (tertiary/aromatic N) is 4. The van der Waals surface area contributed by atoms with Crippen LogP contribution < -0.4 is 0 Å². The average Bonchev–Trinajstić information content (AvgIpc) is 2.89. The molecule has 4 heterocycles. The second-order valence-electron chi connectivity index (χ2n) is 8.84. The zero-order valence-electron chi connectivity index (χ0n) is 22.5. The van der Waals surface area contributed by atoms with Crippen molar-refractivity contribution in [2.75, 3.05) is 0 Å². The normalized spacial score (nSPS) is 11.3. The zero-order valence-corrected chi connectivity index (χ0v) is 24.3. The summed E-state index contributed by atoms with van der Waals surface area (Å²) in [7, 11) is 0. The summed E-state index contributed by atoms with van der Waals surface area (Å²) in [5, 5.41) is 34.9. The fraction of sp³-hybridized carbons (Fsp3) is 0.241. The van der Waals surface area contributed by atoms with Crippen molar-refractivity contribution in [1.29, 1.82) is 0 Å². The van der Waals surface area contributed by atoms with Crippen LogP contribution in [0.3, 0.4) is 0 Å². The summed E-state index contributed by atoms with van der Waals surface area (Å²) in [6.07, 6.45) is 6.03. The van der Waals surface area contributed by atoms with Gasteiger partial charge in [-0.3, -0.25) is 19.9 Å². The predicted octanol–water partition coefficient (Wildman–Crippen LogP) is 4.44. The van der Waals surface area contributed by atoms with Gasteiger partial charge in [0.2, 0.25) is 0 Å². The monoisotopic (exact) mass is 634 g/mol. The van der Waals surface area contributed by atoms with Crippen LogP contribution in [0.15, 0.2) is 73.3 Å². The molecule has 0 saturated heterocycles. The summed E-state index contributed by atoms with van der Waals surface area (Å²) in [6.45, 7) is 7.22. The molecule has 0 bridgehead atoms. The van der Waals surface area contributed by atoms with E-state index in [1.54, 1.807) is 26.2 Å². The number of carbonyl (C=O) groups is 2. The van der Waals surface area contributed by atoms with Crippen molar-refractivity contribution in [3.05, 3.63) is 95.6 Å². The molecule has 0 spiro atoms. The molecule has 0 amide bonds. The molecule has 0 aliphatic rings. The summed E-state index contributed by atoms with van der Waals surface area (Å²) >= 11 is 0. The Bertz CT molecular complexity index is 1290. The Morgan fingerprint density at radius 1 is 0.625 bits per heavy atom. The molecule has 4 N–H and O–H groups in total. The van der Waals surface area contributed by atoms with Crippen molar-refractivity contribution in [3.8, 4) is 22.8 Å². The zero-order chi connectivity index (χ0) is 28.9. The second kappa shape index (κ2) is 16.9.